The third-order valence-corrected chi connectivity index (χ3v) is 5.63. The summed E-state index contributed by atoms with van der Waals surface area (Å²) in [7, 11) is 0. The minimum absolute atomic E-state index is 0.0691. The zero-order valence-electron chi connectivity index (χ0n) is 16.7. The number of carboxylic acid groups (broad SMARTS) is 1. The van der Waals surface area contributed by atoms with Gasteiger partial charge in [0.05, 0.1) is 5.92 Å². The molecule has 3 amide bonds. The lowest BCUT2D eigenvalue weighted by molar-refractivity contribution is -0.142. The highest BCUT2D eigenvalue weighted by atomic mass is 16.4. The summed E-state index contributed by atoms with van der Waals surface area (Å²) in [6.45, 7) is 1.87. The predicted molar refractivity (Wildman–Crippen MR) is 104 cm³/mol. The lowest BCUT2D eigenvalue weighted by atomic mass is 9.92. The topological polar surface area (TPSA) is 148 Å². The maximum absolute atomic E-state index is 12.5. The number of aliphatic carboxylic acids is 1. The second-order valence-electron chi connectivity index (χ2n) is 7.77. The Morgan fingerprint density at radius 1 is 1.14 bits per heavy atom. The Labute approximate surface area is 170 Å². The smallest absolute Gasteiger partial charge is 0.328 e. The van der Waals surface area contributed by atoms with Crippen molar-refractivity contribution in [3.63, 3.8) is 0 Å². The van der Waals surface area contributed by atoms with Crippen molar-refractivity contribution < 1.29 is 29.4 Å². The summed E-state index contributed by atoms with van der Waals surface area (Å²) in [5, 5.41) is 25.8. The third kappa shape index (κ3) is 7.62. The number of carboxylic acids is 1. The SMILES string of the molecule is O=C(CO)N[C@H](CNC(=O)[C@@H]1CCCN(C(=O)CCC2CCNCC2)C1)C(=O)O. The fourth-order valence-corrected chi connectivity index (χ4v) is 3.86. The van der Waals surface area contributed by atoms with Gasteiger partial charge in [-0.2, -0.15) is 0 Å². The first-order valence-corrected chi connectivity index (χ1v) is 10.3. The summed E-state index contributed by atoms with van der Waals surface area (Å²) in [4.78, 5) is 49.1. The Morgan fingerprint density at radius 3 is 2.52 bits per heavy atom. The van der Waals surface area contributed by atoms with Crippen molar-refractivity contribution >= 4 is 23.7 Å². The molecule has 10 nitrogen and oxygen atoms in total. The van der Waals surface area contributed by atoms with E-state index in [1.807, 2.05) is 0 Å². The zero-order valence-corrected chi connectivity index (χ0v) is 16.7. The van der Waals surface area contributed by atoms with Crippen molar-refractivity contribution in [3.8, 4) is 0 Å². The number of amides is 3. The molecule has 29 heavy (non-hydrogen) atoms. The molecule has 0 bridgehead atoms. The molecule has 2 aliphatic heterocycles. The van der Waals surface area contributed by atoms with Gasteiger partial charge in [0.1, 0.15) is 12.6 Å². The average molecular weight is 412 g/mol. The van der Waals surface area contributed by atoms with Crippen LogP contribution in [0.1, 0.15) is 38.5 Å². The molecule has 0 unspecified atom stereocenters. The lowest BCUT2D eigenvalue weighted by Gasteiger charge is -2.33. The number of hydrogen-bond acceptors (Lipinski definition) is 6. The van der Waals surface area contributed by atoms with E-state index in [4.69, 9.17) is 10.2 Å². The van der Waals surface area contributed by atoms with Crippen molar-refractivity contribution in [3.05, 3.63) is 0 Å². The van der Waals surface area contributed by atoms with E-state index in [0.717, 1.165) is 38.8 Å². The molecule has 2 saturated heterocycles. The fraction of sp³-hybridized carbons (Fsp3) is 0.789. The summed E-state index contributed by atoms with van der Waals surface area (Å²) in [6.07, 6.45) is 4.91. The van der Waals surface area contributed by atoms with E-state index >= 15 is 0 Å². The molecule has 2 atom stereocenters. The molecule has 0 aromatic carbocycles. The Morgan fingerprint density at radius 2 is 1.86 bits per heavy atom. The fourth-order valence-electron chi connectivity index (χ4n) is 3.86. The standard InChI is InChI=1S/C19H32N4O6/c24-12-16(25)22-15(19(28)29)10-21-18(27)14-2-1-9-23(11-14)17(26)4-3-13-5-7-20-8-6-13/h13-15,20,24H,1-12H2,(H,21,27)(H,22,25)(H,28,29)/t14-,15-/m1/s1. The second kappa shape index (κ2) is 11.7. The zero-order chi connectivity index (χ0) is 21.2. The highest BCUT2D eigenvalue weighted by molar-refractivity contribution is 5.85. The number of hydrogen-bond donors (Lipinski definition) is 5. The normalized spacial score (nSPS) is 21.3. The summed E-state index contributed by atoms with van der Waals surface area (Å²) in [5.41, 5.74) is 0. The van der Waals surface area contributed by atoms with E-state index in [1.54, 1.807) is 4.90 Å². The van der Waals surface area contributed by atoms with Crippen LogP contribution in [-0.2, 0) is 19.2 Å². The molecule has 0 aromatic heterocycles. The van der Waals surface area contributed by atoms with Gasteiger partial charge in [-0.25, -0.2) is 4.79 Å². The van der Waals surface area contributed by atoms with Gasteiger partial charge in [-0.05, 0) is 51.1 Å². The molecule has 10 heteroatoms. The summed E-state index contributed by atoms with van der Waals surface area (Å²) >= 11 is 0. The van der Waals surface area contributed by atoms with E-state index in [2.05, 4.69) is 16.0 Å². The van der Waals surface area contributed by atoms with Crippen LogP contribution in [-0.4, -0.2) is 84.2 Å². The molecule has 5 N–H and O–H groups in total. The first-order chi connectivity index (χ1) is 13.9. The van der Waals surface area contributed by atoms with E-state index in [0.29, 0.717) is 31.8 Å². The van der Waals surface area contributed by atoms with Crippen molar-refractivity contribution in [2.24, 2.45) is 11.8 Å². The molecular weight excluding hydrogens is 380 g/mol. The minimum atomic E-state index is -1.31. The predicted octanol–water partition coefficient (Wildman–Crippen LogP) is -1.32. The van der Waals surface area contributed by atoms with Gasteiger partial charge in [0, 0.05) is 26.1 Å². The molecule has 164 valence electrons. The summed E-state index contributed by atoms with van der Waals surface area (Å²) in [5.74, 6) is -2.20. The number of rotatable bonds is 9. The number of aliphatic hydroxyl groups is 1. The molecule has 2 heterocycles. The molecule has 2 aliphatic rings. The molecule has 0 radical (unpaired) electrons. The minimum Gasteiger partial charge on any atom is -0.480 e. The van der Waals surface area contributed by atoms with Crippen LogP contribution in [0.2, 0.25) is 0 Å². The van der Waals surface area contributed by atoms with Crippen LogP contribution in [0.25, 0.3) is 0 Å². The van der Waals surface area contributed by atoms with E-state index in [9.17, 15) is 19.2 Å². The monoisotopic (exact) mass is 412 g/mol. The van der Waals surface area contributed by atoms with Crippen molar-refractivity contribution in [1.82, 2.24) is 20.9 Å². The average Bonchev–Trinajstić information content (AvgIpc) is 2.75. The number of nitrogens with one attached hydrogen (secondary N) is 3. The van der Waals surface area contributed by atoms with E-state index in [1.165, 1.54) is 0 Å². The highest BCUT2D eigenvalue weighted by Gasteiger charge is 2.30. The van der Waals surface area contributed by atoms with Crippen molar-refractivity contribution in [2.75, 3.05) is 39.3 Å². The van der Waals surface area contributed by atoms with Crippen LogP contribution >= 0.6 is 0 Å². The lowest BCUT2D eigenvalue weighted by Crippen LogP contribution is -2.51. The maximum atomic E-state index is 12.5. The molecule has 0 spiro atoms. The Hall–Kier alpha value is -2.20. The van der Waals surface area contributed by atoms with Gasteiger partial charge in [0.2, 0.25) is 17.7 Å². The molecule has 0 aromatic rings. The number of carbonyl (C=O) groups excluding carboxylic acids is 3. The molecule has 0 aliphatic carbocycles. The van der Waals surface area contributed by atoms with Gasteiger partial charge in [-0.1, -0.05) is 0 Å². The van der Waals surface area contributed by atoms with Gasteiger partial charge in [0.25, 0.3) is 0 Å². The number of aliphatic hydroxyl groups excluding tert-OH is 1. The van der Waals surface area contributed by atoms with Crippen LogP contribution in [0, 0.1) is 11.8 Å². The second-order valence-corrected chi connectivity index (χ2v) is 7.77. The molecule has 0 saturated carbocycles. The van der Waals surface area contributed by atoms with Crippen LogP contribution in [0.5, 0.6) is 0 Å². The van der Waals surface area contributed by atoms with E-state index < -0.39 is 30.4 Å². The number of likely N-dealkylation sites (tertiary alicyclic amines) is 1. The Bertz CT molecular complexity index is 593. The van der Waals surface area contributed by atoms with E-state index in [-0.39, 0.29) is 18.4 Å². The molecule has 2 rings (SSSR count). The van der Waals surface area contributed by atoms with Gasteiger partial charge < -0.3 is 31.1 Å². The number of nitrogens with zero attached hydrogens (tertiary/aromatic N) is 1. The molecular formula is C19H32N4O6. The third-order valence-electron chi connectivity index (χ3n) is 5.63. The Balaban J connectivity index is 1.77. The van der Waals surface area contributed by atoms with Gasteiger partial charge in [-0.15, -0.1) is 0 Å². The first-order valence-electron chi connectivity index (χ1n) is 10.3. The van der Waals surface area contributed by atoms with Gasteiger partial charge in [-0.3, -0.25) is 14.4 Å². The van der Waals surface area contributed by atoms with Gasteiger partial charge in [0.15, 0.2) is 0 Å². The number of piperidine rings is 2. The maximum Gasteiger partial charge on any atom is 0.328 e. The van der Waals surface area contributed by atoms with Gasteiger partial charge >= 0.3 is 5.97 Å². The Kier molecular flexibility index (Phi) is 9.33. The van der Waals surface area contributed by atoms with Crippen LogP contribution in [0.3, 0.4) is 0 Å². The van der Waals surface area contributed by atoms with Crippen molar-refractivity contribution in [1.29, 1.82) is 0 Å². The summed E-state index contributed by atoms with van der Waals surface area (Å²) in [6, 6.07) is -1.31. The number of carbonyl (C=O) groups is 4. The highest BCUT2D eigenvalue weighted by Crippen LogP contribution is 2.21. The molecule has 2 fully saturated rings. The van der Waals surface area contributed by atoms with Crippen LogP contribution in [0.15, 0.2) is 0 Å². The largest absolute Gasteiger partial charge is 0.480 e. The van der Waals surface area contributed by atoms with Crippen LogP contribution < -0.4 is 16.0 Å². The summed E-state index contributed by atoms with van der Waals surface area (Å²) < 4.78 is 0. The van der Waals surface area contributed by atoms with Crippen molar-refractivity contribution in [2.45, 2.75) is 44.6 Å². The first kappa shape index (κ1) is 23.1. The van der Waals surface area contributed by atoms with Crippen LogP contribution in [0.4, 0.5) is 0 Å². The quantitative estimate of drug-likeness (QED) is 0.315.